The number of benzene rings is 1. The van der Waals surface area contributed by atoms with Gasteiger partial charge in [-0.25, -0.2) is 0 Å². The SMILES string of the molecule is CC(C)CNC(C(N)=O)c1cccc2c1OC(C)(C)C2. The van der Waals surface area contributed by atoms with Gasteiger partial charge in [0, 0.05) is 12.0 Å². The topological polar surface area (TPSA) is 64.3 Å². The molecule has 3 N–H and O–H groups in total. The fourth-order valence-corrected chi connectivity index (χ4v) is 2.58. The Hall–Kier alpha value is -1.55. The first kappa shape index (κ1) is 14.9. The lowest BCUT2D eigenvalue weighted by Crippen LogP contribution is -2.36. The Balaban J connectivity index is 2.32. The summed E-state index contributed by atoms with van der Waals surface area (Å²) in [4.78, 5) is 11.8. The van der Waals surface area contributed by atoms with Crippen molar-refractivity contribution >= 4 is 5.91 Å². The molecule has 4 heteroatoms. The van der Waals surface area contributed by atoms with Gasteiger partial charge in [-0.1, -0.05) is 32.0 Å². The third-order valence-corrected chi connectivity index (χ3v) is 3.45. The van der Waals surface area contributed by atoms with Crippen LogP contribution in [0.4, 0.5) is 0 Å². The quantitative estimate of drug-likeness (QED) is 0.866. The maximum atomic E-state index is 11.8. The number of fused-ring (bicyclic) bond motifs is 1. The molecule has 4 nitrogen and oxygen atoms in total. The number of hydrogen-bond donors (Lipinski definition) is 2. The molecular weight excluding hydrogens is 252 g/mol. The van der Waals surface area contributed by atoms with E-state index < -0.39 is 6.04 Å². The molecule has 1 aromatic rings. The molecular formula is C16H24N2O2. The van der Waals surface area contributed by atoms with Crippen LogP contribution in [0, 0.1) is 5.92 Å². The highest BCUT2D eigenvalue weighted by molar-refractivity contribution is 5.82. The standard InChI is InChI=1S/C16H24N2O2/c1-10(2)9-18-13(15(17)19)12-7-5-6-11-8-16(3,4)20-14(11)12/h5-7,10,13,18H,8-9H2,1-4H3,(H2,17,19). The summed E-state index contributed by atoms with van der Waals surface area (Å²) in [5, 5.41) is 3.24. The van der Waals surface area contributed by atoms with E-state index >= 15 is 0 Å². The normalized spacial score (nSPS) is 17.6. The molecule has 0 fully saturated rings. The average Bonchev–Trinajstić information content (AvgIpc) is 2.63. The van der Waals surface area contributed by atoms with Crippen LogP contribution >= 0.6 is 0 Å². The van der Waals surface area contributed by atoms with Crippen LogP contribution in [0.5, 0.6) is 5.75 Å². The minimum absolute atomic E-state index is 0.224. The van der Waals surface area contributed by atoms with Crippen LogP contribution in [0.2, 0.25) is 0 Å². The summed E-state index contributed by atoms with van der Waals surface area (Å²) in [5.41, 5.74) is 7.33. The van der Waals surface area contributed by atoms with Gasteiger partial charge in [0.15, 0.2) is 0 Å². The van der Waals surface area contributed by atoms with Crippen LogP contribution in [0.25, 0.3) is 0 Å². The molecule has 1 heterocycles. The summed E-state index contributed by atoms with van der Waals surface area (Å²) in [7, 11) is 0. The molecule has 1 atom stereocenters. The van der Waals surface area contributed by atoms with Crippen LogP contribution in [0.3, 0.4) is 0 Å². The van der Waals surface area contributed by atoms with Gasteiger partial charge in [0.1, 0.15) is 17.4 Å². The fourth-order valence-electron chi connectivity index (χ4n) is 2.58. The summed E-state index contributed by atoms with van der Waals surface area (Å²) in [6.45, 7) is 9.04. The largest absolute Gasteiger partial charge is 0.487 e. The second-order valence-electron chi connectivity index (χ2n) is 6.51. The van der Waals surface area contributed by atoms with Crippen molar-refractivity contribution in [1.82, 2.24) is 5.32 Å². The van der Waals surface area contributed by atoms with Crippen LogP contribution < -0.4 is 15.8 Å². The van der Waals surface area contributed by atoms with E-state index in [0.29, 0.717) is 5.92 Å². The maximum absolute atomic E-state index is 11.8. The lowest BCUT2D eigenvalue weighted by molar-refractivity contribution is -0.120. The molecule has 1 aliphatic rings. The summed E-state index contributed by atoms with van der Waals surface area (Å²) in [6.07, 6.45) is 0.853. The molecule has 20 heavy (non-hydrogen) atoms. The van der Waals surface area contributed by atoms with E-state index in [2.05, 4.69) is 33.0 Å². The van der Waals surface area contributed by atoms with Crippen molar-refractivity contribution in [3.05, 3.63) is 29.3 Å². The van der Waals surface area contributed by atoms with E-state index in [4.69, 9.17) is 10.5 Å². The lowest BCUT2D eigenvalue weighted by Gasteiger charge is -2.22. The number of nitrogens with two attached hydrogens (primary N) is 1. The molecule has 0 spiro atoms. The Morgan fingerprint density at radius 3 is 2.75 bits per heavy atom. The van der Waals surface area contributed by atoms with Gasteiger partial charge in [0.25, 0.3) is 0 Å². The molecule has 110 valence electrons. The number of primary amides is 1. The van der Waals surface area contributed by atoms with E-state index in [-0.39, 0.29) is 11.5 Å². The van der Waals surface area contributed by atoms with Gasteiger partial charge < -0.3 is 15.8 Å². The molecule has 1 amide bonds. The smallest absolute Gasteiger partial charge is 0.239 e. The predicted octanol–water partition coefficient (Wildman–Crippen LogP) is 2.17. The molecule has 0 saturated heterocycles. The van der Waals surface area contributed by atoms with Crippen LogP contribution in [-0.4, -0.2) is 18.1 Å². The van der Waals surface area contributed by atoms with E-state index in [1.165, 1.54) is 0 Å². The molecule has 0 radical (unpaired) electrons. The molecule has 0 saturated carbocycles. The van der Waals surface area contributed by atoms with Gasteiger partial charge in [-0.2, -0.15) is 0 Å². The van der Waals surface area contributed by atoms with Crippen molar-refractivity contribution in [3.63, 3.8) is 0 Å². The minimum atomic E-state index is -0.499. The van der Waals surface area contributed by atoms with Crippen molar-refractivity contribution in [2.75, 3.05) is 6.54 Å². The number of carbonyl (C=O) groups is 1. The van der Waals surface area contributed by atoms with Crippen molar-refractivity contribution in [2.45, 2.75) is 45.8 Å². The highest BCUT2D eigenvalue weighted by Crippen LogP contribution is 2.39. The Labute approximate surface area is 120 Å². The van der Waals surface area contributed by atoms with Crippen LogP contribution in [0.15, 0.2) is 18.2 Å². The lowest BCUT2D eigenvalue weighted by atomic mass is 9.97. The molecule has 2 rings (SSSR count). The van der Waals surface area contributed by atoms with E-state index in [1.807, 2.05) is 18.2 Å². The monoisotopic (exact) mass is 276 g/mol. The molecule has 0 aromatic heterocycles. The van der Waals surface area contributed by atoms with Crippen LogP contribution in [0.1, 0.15) is 44.9 Å². The Morgan fingerprint density at radius 1 is 1.45 bits per heavy atom. The van der Waals surface area contributed by atoms with Gasteiger partial charge >= 0.3 is 0 Å². The van der Waals surface area contributed by atoms with Gasteiger partial charge in [0.05, 0.1) is 0 Å². The first-order chi connectivity index (χ1) is 9.30. The van der Waals surface area contributed by atoms with Gasteiger partial charge in [-0.15, -0.1) is 0 Å². The first-order valence-corrected chi connectivity index (χ1v) is 7.13. The predicted molar refractivity (Wildman–Crippen MR) is 79.6 cm³/mol. The van der Waals surface area contributed by atoms with Crippen LogP contribution in [-0.2, 0) is 11.2 Å². The van der Waals surface area contributed by atoms with E-state index in [0.717, 1.165) is 29.8 Å². The maximum Gasteiger partial charge on any atom is 0.239 e. The number of hydrogen-bond acceptors (Lipinski definition) is 3. The number of carbonyl (C=O) groups excluding carboxylic acids is 1. The van der Waals surface area contributed by atoms with Crippen molar-refractivity contribution < 1.29 is 9.53 Å². The molecule has 0 aliphatic carbocycles. The fraction of sp³-hybridized carbons (Fsp3) is 0.562. The van der Waals surface area contributed by atoms with Gasteiger partial charge in [-0.3, -0.25) is 4.79 Å². The van der Waals surface area contributed by atoms with Crippen molar-refractivity contribution in [3.8, 4) is 5.75 Å². The van der Waals surface area contributed by atoms with Gasteiger partial charge in [-0.05, 0) is 31.9 Å². The molecule has 1 aromatic carbocycles. The summed E-state index contributed by atoms with van der Waals surface area (Å²) >= 11 is 0. The third-order valence-electron chi connectivity index (χ3n) is 3.45. The van der Waals surface area contributed by atoms with E-state index in [9.17, 15) is 4.79 Å². The molecule has 1 unspecified atom stereocenters. The van der Waals surface area contributed by atoms with Crippen molar-refractivity contribution in [1.29, 1.82) is 0 Å². The first-order valence-electron chi connectivity index (χ1n) is 7.13. The Morgan fingerprint density at radius 2 is 2.15 bits per heavy atom. The van der Waals surface area contributed by atoms with E-state index in [1.54, 1.807) is 0 Å². The molecule has 1 aliphatic heterocycles. The highest BCUT2D eigenvalue weighted by atomic mass is 16.5. The van der Waals surface area contributed by atoms with Gasteiger partial charge in [0.2, 0.25) is 5.91 Å². The van der Waals surface area contributed by atoms with Crippen molar-refractivity contribution in [2.24, 2.45) is 11.7 Å². The number of para-hydroxylation sites is 1. The zero-order chi connectivity index (χ0) is 14.9. The third kappa shape index (κ3) is 3.12. The summed E-state index contributed by atoms with van der Waals surface area (Å²) in [5.74, 6) is 0.899. The number of rotatable bonds is 5. The second kappa shape index (κ2) is 5.44. The summed E-state index contributed by atoms with van der Waals surface area (Å²) in [6, 6.07) is 5.43. The minimum Gasteiger partial charge on any atom is -0.487 e. The number of amides is 1. The average molecular weight is 276 g/mol. The zero-order valence-corrected chi connectivity index (χ0v) is 12.7. The Kier molecular flexibility index (Phi) is 4.04. The summed E-state index contributed by atoms with van der Waals surface area (Å²) < 4.78 is 6.02. The second-order valence-corrected chi connectivity index (χ2v) is 6.51. The zero-order valence-electron chi connectivity index (χ0n) is 12.7. The molecule has 0 bridgehead atoms. The number of ether oxygens (including phenoxy) is 1. The highest BCUT2D eigenvalue weighted by Gasteiger charge is 2.34. The number of nitrogens with one attached hydrogen (secondary N) is 1. The Bertz CT molecular complexity index is 509.